The number of amides is 1. The second kappa shape index (κ2) is 9.44. The maximum atomic E-state index is 12.8. The Morgan fingerprint density at radius 3 is 2.61 bits per heavy atom. The molecule has 2 aromatic rings. The number of carbonyl (C=O) groups is 1. The molecule has 0 unspecified atom stereocenters. The van der Waals surface area contributed by atoms with Gasteiger partial charge in [0.25, 0.3) is 0 Å². The predicted molar refractivity (Wildman–Crippen MR) is 114 cm³/mol. The van der Waals surface area contributed by atoms with Crippen LogP contribution in [0.3, 0.4) is 0 Å². The third-order valence-electron chi connectivity index (χ3n) is 4.56. The van der Waals surface area contributed by atoms with Crippen molar-refractivity contribution in [3.8, 4) is 0 Å². The van der Waals surface area contributed by atoms with E-state index < -0.39 is 0 Å². The zero-order valence-electron chi connectivity index (χ0n) is 16.1. The Morgan fingerprint density at radius 2 is 1.93 bits per heavy atom. The van der Waals surface area contributed by atoms with E-state index in [-0.39, 0.29) is 12.0 Å². The van der Waals surface area contributed by atoms with Gasteiger partial charge in [0.2, 0.25) is 5.91 Å². The van der Waals surface area contributed by atoms with Crippen LogP contribution in [0, 0.1) is 5.92 Å². The molecular weight excluding hydrogens is 395 g/mol. The van der Waals surface area contributed by atoms with Gasteiger partial charge in [0, 0.05) is 24.9 Å². The number of oxime groups is 1. The van der Waals surface area contributed by atoms with E-state index in [1.165, 1.54) is 0 Å². The van der Waals surface area contributed by atoms with Crippen LogP contribution in [-0.2, 0) is 16.2 Å². The highest BCUT2D eigenvalue weighted by Gasteiger charge is 2.27. The Morgan fingerprint density at radius 1 is 1.18 bits per heavy atom. The minimum absolute atomic E-state index is 0.130. The molecule has 0 fully saturated rings. The number of hydrogen-bond acceptors (Lipinski definition) is 3. The first-order chi connectivity index (χ1) is 13.4. The summed E-state index contributed by atoms with van der Waals surface area (Å²) >= 11 is 12.1. The Balaban J connectivity index is 1.67. The van der Waals surface area contributed by atoms with Gasteiger partial charge in [-0.2, -0.15) is 0 Å². The van der Waals surface area contributed by atoms with Crippen LogP contribution in [0.1, 0.15) is 37.8 Å². The molecule has 4 nitrogen and oxygen atoms in total. The summed E-state index contributed by atoms with van der Waals surface area (Å²) in [4.78, 5) is 20.3. The fraction of sp³-hybridized carbons (Fsp3) is 0.364. The maximum absolute atomic E-state index is 12.8. The van der Waals surface area contributed by atoms with Crippen molar-refractivity contribution in [2.45, 2.75) is 39.3 Å². The monoisotopic (exact) mass is 418 g/mol. The molecule has 1 atom stereocenters. The van der Waals surface area contributed by atoms with Gasteiger partial charge in [0.05, 0.1) is 22.3 Å². The molecule has 0 aliphatic carbocycles. The minimum atomic E-state index is -0.177. The molecule has 148 valence electrons. The van der Waals surface area contributed by atoms with E-state index in [1.54, 1.807) is 12.1 Å². The normalized spacial score (nSPS) is 16.0. The van der Waals surface area contributed by atoms with Gasteiger partial charge >= 0.3 is 0 Å². The molecule has 0 aromatic heterocycles. The summed E-state index contributed by atoms with van der Waals surface area (Å²) < 4.78 is 0. The maximum Gasteiger partial charge on any atom is 0.223 e. The molecule has 0 N–H and O–H groups in total. The number of halogens is 2. The number of benzene rings is 2. The van der Waals surface area contributed by atoms with Crippen molar-refractivity contribution >= 4 is 34.8 Å². The van der Waals surface area contributed by atoms with Gasteiger partial charge in [-0.1, -0.05) is 78.6 Å². The first-order valence-corrected chi connectivity index (χ1v) is 10.2. The summed E-state index contributed by atoms with van der Waals surface area (Å²) in [6.45, 7) is 5.16. The SMILES string of the molecule is CC(C)CC(=O)N(Cc1ccccc1)C[C@@H]1CC(c2ccc(Cl)c(Cl)c2)=NO1. The summed E-state index contributed by atoms with van der Waals surface area (Å²) in [5.74, 6) is 0.434. The van der Waals surface area contributed by atoms with Gasteiger partial charge in [0.15, 0.2) is 6.10 Å². The Kier molecular flexibility index (Phi) is 6.97. The topological polar surface area (TPSA) is 41.9 Å². The average molecular weight is 419 g/mol. The zero-order chi connectivity index (χ0) is 20.1. The van der Waals surface area contributed by atoms with Crippen LogP contribution in [0.4, 0.5) is 0 Å². The molecule has 3 rings (SSSR count). The first-order valence-electron chi connectivity index (χ1n) is 9.42. The van der Waals surface area contributed by atoms with Crippen LogP contribution in [0.5, 0.6) is 0 Å². The predicted octanol–water partition coefficient (Wildman–Crippen LogP) is 5.56. The van der Waals surface area contributed by atoms with E-state index in [2.05, 4.69) is 19.0 Å². The smallest absolute Gasteiger partial charge is 0.223 e. The molecule has 0 spiro atoms. The van der Waals surface area contributed by atoms with E-state index in [0.29, 0.717) is 41.9 Å². The van der Waals surface area contributed by atoms with Gasteiger partial charge in [-0.05, 0) is 23.6 Å². The zero-order valence-corrected chi connectivity index (χ0v) is 17.6. The van der Waals surface area contributed by atoms with Crippen LogP contribution >= 0.6 is 23.2 Å². The van der Waals surface area contributed by atoms with Gasteiger partial charge < -0.3 is 9.74 Å². The Hall–Kier alpha value is -2.04. The van der Waals surface area contributed by atoms with Crippen LogP contribution < -0.4 is 0 Å². The molecule has 28 heavy (non-hydrogen) atoms. The molecule has 2 aromatic carbocycles. The van der Waals surface area contributed by atoms with Crippen LogP contribution in [-0.4, -0.2) is 29.2 Å². The summed E-state index contributed by atoms with van der Waals surface area (Å²) in [6.07, 6.45) is 0.961. The van der Waals surface area contributed by atoms with Crippen molar-refractivity contribution in [3.05, 3.63) is 69.7 Å². The fourth-order valence-electron chi connectivity index (χ4n) is 3.15. The molecule has 1 amide bonds. The van der Waals surface area contributed by atoms with Crippen LogP contribution in [0.25, 0.3) is 0 Å². The summed E-state index contributed by atoms with van der Waals surface area (Å²) in [5, 5.41) is 5.21. The lowest BCUT2D eigenvalue weighted by atomic mass is 10.0. The first kappa shape index (κ1) is 20.7. The van der Waals surface area contributed by atoms with Gasteiger partial charge in [-0.25, -0.2) is 0 Å². The molecule has 0 bridgehead atoms. The molecule has 1 aliphatic heterocycles. The van der Waals surface area contributed by atoms with Crippen LogP contribution in [0.15, 0.2) is 53.7 Å². The van der Waals surface area contributed by atoms with Gasteiger partial charge in [0.1, 0.15) is 0 Å². The summed E-state index contributed by atoms with van der Waals surface area (Å²) in [7, 11) is 0. The lowest BCUT2D eigenvalue weighted by molar-refractivity contribution is -0.134. The molecule has 6 heteroatoms. The molecule has 0 saturated heterocycles. The van der Waals surface area contributed by atoms with Crippen LogP contribution in [0.2, 0.25) is 10.0 Å². The third kappa shape index (κ3) is 5.49. The fourth-order valence-corrected chi connectivity index (χ4v) is 3.45. The highest BCUT2D eigenvalue weighted by atomic mass is 35.5. The lowest BCUT2D eigenvalue weighted by Gasteiger charge is -2.26. The summed E-state index contributed by atoms with van der Waals surface area (Å²) in [5.41, 5.74) is 2.81. The number of nitrogens with zero attached hydrogens (tertiary/aromatic N) is 2. The number of carbonyl (C=O) groups excluding carboxylic acids is 1. The van der Waals surface area contributed by atoms with E-state index in [0.717, 1.165) is 16.8 Å². The molecule has 0 saturated carbocycles. The van der Waals surface area contributed by atoms with Crippen molar-refractivity contribution in [2.24, 2.45) is 11.1 Å². The second-order valence-electron chi connectivity index (χ2n) is 7.46. The van der Waals surface area contributed by atoms with Crippen molar-refractivity contribution in [1.29, 1.82) is 0 Å². The van der Waals surface area contributed by atoms with E-state index in [4.69, 9.17) is 28.0 Å². The second-order valence-corrected chi connectivity index (χ2v) is 8.27. The van der Waals surface area contributed by atoms with E-state index >= 15 is 0 Å². The van der Waals surface area contributed by atoms with Crippen molar-refractivity contribution in [1.82, 2.24) is 4.90 Å². The number of rotatable bonds is 7. The summed E-state index contributed by atoms with van der Waals surface area (Å²) in [6, 6.07) is 15.4. The van der Waals surface area contributed by atoms with Crippen molar-refractivity contribution in [3.63, 3.8) is 0 Å². The molecule has 1 heterocycles. The Labute approximate surface area is 176 Å². The molecule has 0 radical (unpaired) electrons. The lowest BCUT2D eigenvalue weighted by Crippen LogP contribution is -2.37. The highest BCUT2D eigenvalue weighted by molar-refractivity contribution is 6.42. The Bertz CT molecular complexity index is 853. The van der Waals surface area contributed by atoms with Crippen molar-refractivity contribution < 1.29 is 9.63 Å². The molecular formula is C22H24Cl2N2O2. The largest absolute Gasteiger partial charge is 0.390 e. The van der Waals surface area contributed by atoms with Crippen molar-refractivity contribution in [2.75, 3.05) is 6.54 Å². The minimum Gasteiger partial charge on any atom is -0.390 e. The van der Waals surface area contributed by atoms with E-state index in [1.807, 2.05) is 41.3 Å². The average Bonchev–Trinajstić information content (AvgIpc) is 3.12. The van der Waals surface area contributed by atoms with Gasteiger partial charge in [-0.3, -0.25) is 4.79 Å². The van der Waals surface area contributed by atoms with Gasteiger partial charge in [-0.15, -0.1) is 0 Å². The quantitative estimate of drug-likeness (QED) is 0.590. The third-order valence-corrected chi connectivity index (χ3v) is 5.30. The number of hydrogen-bond donors (Lipinski definition) is 0. The standard InChI is InChI=1S/C22H24Cl2N2O2/c1-15(2)10-22(27)26(13-16-6-4-3-5-7-16)14-18-12-21(25-28-18)17-8-9-19(23)20(24)11-17/h3-9,11,15,18H,10,12-14H2,1-2H3/t18-/m0/s1. The molecule has 1 aliphatic rings. The van der Waals surface area contributed by atoms with E-state index in [9.17, 15) is 4.79 Å². The highest BCUT2D eigenvalue weighted by Crippen LogP contribution is 2.26.